The van der Waals surface area contributed by atoms with E-state index in [1.54, 1.807) is 0 Å². The average Bonchev–Trinajstić information content (AvgIpc) is 3.46. The molecule has 45 heavy (non-hydrogen) atoms. The minimum atomic E-state index is 0.709. The molecule has 1 aromatic heterocycles. The van der Waals surface area contributed by atoms with Gasteiger partial charge in [-0.05, 0) is 68.4 Å². The Bertz CT molecular complexity index is 2540. The molecule has 0 aliphatic rings. The first-order chi connectivity index (χ1) is 22.3. The molecule has 8 aromatic carbocycles. The molecule has 9 aromatic rings. The number of nitriles is 1. The monoisotopic (exact) mass is 570 g/mol. The van der Waals surface area contributed by atoms with E-state index in [2.05, 4.69) is 150 Å². The van der Waals surface area contributed by atoms with E-state index in [1.807, 2.05) is 18.2 Å². The number of aromatic nitrogens is 1. The Kier molecular flexibility index (Phi) is 5.60. The van der Waals surface area contributed by atoms with Crippen molar-refractivity contribution in [3.63, 3.8) is 0 Å². The van der Waals surface area contributed by atoms with Crippen LogP contribution in [-0.4, -0.2) is 4.57 Å². The molecule has 0 N–H and O–H groups in total. The van der Waals surface area contributed by atoms with Crippen molar-refractivity contribution in [3.8, 4) is 34.0 Å². The molecule has 1 heterocycles. The van der Waals surface area contributed by atoms with Gasteiger partial charge >= 0.3 is 0 Å². The highest BCUT2D eigenvalue weighted by molar-refractivity contribution is 6.18. The van der Waals surface area contributed by atoms with E-state index in [9.17, 15) is 5.26 Å². The Balaban J connectivity index is 1.41. The molecule has 2 heteroatoms. The topological polar surface area (TPSA) is 28.7 Å². The molecule has 2 nitrogen and oxygen atoms in total. The van der Waals surface area contributed by atoms with E-state index < -0.39 is 0 Å². The Labute approximate surface area is 260 Å². The Hall–Kier alpha value is -6.17. The zero-order valence-corrected chi connectivity index (χ0v) is 24.4. The molecule has 0 aliphatic carbocycles. The van der Waals surface area contributed by atoms with E-state index >= 15 is 0 Å². The molecule has 0 bridgehead atoms. The smallest absolute Gasteiger partial charge is 0.0998 e. The maximum atomic E-state index is 9.88. The summed E-state index contributed by atoms with van der Waals surface area (Å²) in [5.41, 5.74) is 9.03. The number of fused-ring (bicyclic) bond motifs is 7. The van der Waals surface area contributed by atoms with Crippen LogP contribution in [0.15, 0.2) is 158 Å². The lowest BCUT2D eigenvalue weighted by Crippen LogP contribution is -1.97. The van der Waals surface area contributed by atoms with E-state index in [4.69, 9.17) is 0 Å². The van der Waals surface area contributed by atoms with Crippen LogP contribution in [0, 0.1) is 11.3 Å². The maximum Gasteiger partial charge on any atom is 0.0998 e. The van der Waals surface area contributed by atoms with Gasteiger partial charge in [0.25, 0.3) is 0 Å². The molecule has 0 atom stereocenters. The van der Waals surface area contributed by atoms with Crippen molar-refractivity contribution in [2.24, 2.45) is 0 Å². The number of hydrogen-bond donors (Lipinski definition) is 0. The predicted molar refractivity (Wildman–Crippen MR) is 189 cm³/mol. The molecule has 0 radical (unpaired) electrons. The third kappa shape index (κ3) is 3.88. The number of benzene rings is 8. The normalized spacial score (nSPS) is 11.5. The molecule has 0 amide bonds. The van der Waals surface area contributed by atoms with Gasteiger partial charge in [0.15, 0.2) is 0 Å². The quantitative estimate of drug-likeness (QED) is 0.153. The van der Waals surface area contributed by atoms with Crippen LogP contribution in [0.3, 0.4) is 0 Å². The van der Waals surface area contributed by atoms with Gasteiger partial charge in [-0.1, -0.05) is 127 Å². The largest absolute Gasteiger partial charge is 0.308 e. The minimum absolute atomic E-state index is 0.709. The lowest BCUT2D eigenvalue weighted by atomic mass is 9.95. The predicted octanol–water partition coefficient (Wildman–Crippen LogP) is 11.4. The highest BCUT2D eigenvalue weighted by atomic mass is 15.0. The summed E-state index contributed by atoms with van der Waals surface area (Å²) in [4.78, 5) is 0. The molecule has 0 spiro atoms. The van der Waals surface area contributed by atoms with Crippen LogP contribution < -0.4 is 0 Å². The van der Waals surface area contributed by atoms with Crippen LogP contribution in [0.5, 0.6) is 0 Å². The van der Waals surface area contributed by atoms with Gasteiger partial charge in [-0.2, -0.15) is 5.26 Å². The summed E-state index contributed by atoms with van der Waals surface area (Å²) in [6, 6.07) is 58.7. The van der Waals surface area contributed by atoms with Gasteiger partial charge in [-0.15, -0.1) is 0 Å². The van der Waals surface area contributed by atoms with Crippen LogP contribution >= 0.6 is 0 Å². The van der Waals surface area contributed by atoms with Crippen LogP contribution in [0.4, 0.5) is 0 Å². The van der Waals surface area contributed by atoms with Gasteiger partial charge in [-0.25, -0.2) is 0 Å². The number of para-hydroxylation sites is 2. The molecular formula is C43H26N2. The summed E-state index contributed by atoms with van der Waals surface area (Å²) in [7, 11) is 0. The standard InChI is InChI=1S/C43H26N2/c44-27-33-24-32-23-30-21-22-34(25-31(30)26-41(32)38-16-8-7-15-35(33)38)45-42-36(28-11-3-1-4-12-28)17-9-19-39(42)40-20-10-18-37(43(40)45)29-13-5-2-6-14-29/h1-26H. The van der Waals surface area contributed by atoms with E-state index in [1.165, 1.54) is 49.4 Å². The Morgan fingerprint density at radius 1 is 0.400 bits per heavy atom. The summed E-state index contributed by atoms with van der Waals surface area (Å²) >= 11 is 0. The van der Waals surface area contributed by atoms with Gasteiger partial charge in [0.1, 0.15) is 0 Å². The molecule has 0 fully saturated rings. The SMILES string of the molecule is N#Cc1cc2cc3ccc(-n4c5c(-c6ccccc6)cccc5c5cccc(-c6ccccc6)c54)cc3cc2c2ccccc12. The van der Waals surface area contributed by atoms with Crippen LogP contribution in [0.25, 0.3) is 82.1 Å². The molecule has 9 rings (SSSR count). The lowest BCUT2D eigenvalue weighted by molar-refractivity contribution is 1.19. The number of nitrogens with zero attached hydrogens (tertiary/aromatic N) is 2. The van der Waals surface area contributed by atoms with Crippen molar-refractivity contribution in [1.29, 1.82) is 5.26 Å². The zero-order valence-electron chi connectivity index (χ0n) is 24.4. The molecule has 0 aliphatic heterocycles. The first kappa shape index (κ1) is 25.3. The van der Waals surface area contributed by atoms with Gasteiger partial charge in [-0.3, -0.25) is 0 Å². The second-order valence-corrected chi connectivity index (χ2v) is 11.7. The second kappa shape index (κ2) is 9.95. The van der Waals surface area contributed by atoms with E-state index in [0.717, 1.165) is 32.6 Å². The van der Waals surface area contributed by atoms with Gasteiger partial charge in [0.2, 0.25) is 0 Å². The molecule has 208 valence electrons. The molecule has 0 unspecified atom stereocenters. The second-order valence-electron chi connectivity index (χ2n) is 11.7. The average molecular weight is 571 g/mol. The number of hydrogen-bond acceptors (Lipinski definition) is 1. The fourth-order valence-electron chi connectivity index (χ4n) is 7.15. The minimum Gasteiger partial charge on any atom is -0.308 e. The summed E-state index contributed by atoms with van der Waals surface area (Å²) < 4.78 is 2.47. The van der Waals surface area contributed by atoms with Gasteiger partial charge < -0.3 is 4.57 Å². The fourth-order valence-corrected chi connectivity index (χ4v) is 7.15. The van der Waals surface area contributed by atoms with Crippen LogP contribution in [0.2, 0.25) is 0 Å². The van der Waals surface area contributed by atoms with Gasteiger partial charge in [0, 0.05) is 33.0 Å². The van der Waals surface area contributed by atoms with E-state index in [0.29, 0.717) is 5.56 Å². The Morgan fingerprint density at radius 2 is 0.978 bits per heavy atom. The van der Waals surface area contributed by atoms with E-state index in [-0.39, 0.29) is 0 Å². The summed E-state index contributed by atoms with van der Waals surface area (Å²) in [5.74, 6) is 0. The van der Waals surface area contributed by atoms with Crippen molar-refractivity contribution >= 4 is 54.1 Å². The third-order valence-electron chi connectivity index (χ3n) is 9.16. The molecular weight excluding hydrogens is 544 g/mol. The number of rotatable bonds is 3. The zero-order chi connectivity index (χ0) is 29.9. The highest BCUT2D eigenvalue weighted by Gasteiger charge is 2.20. The highest BCUT2D eigenvalue weighted by Crippen LogP contribution is 2.42. The summed E-state index contributed by atoms with van der Waals surface area (Å²) in [6.45, 7) is 0. The molecule has 0 saturated heterocycles. The summed E-state index contributed by atoms with van der Waals surface area (Å²) in [6.07, 6.45) is 0. The van der Waals surface area contributed by atoms with Crippen molar-refractivity contribution < 1.29 is 0 Å². The fraction of sp³-hybridized carbons (Fsp3) is 0. The van der Waals surface area contributed by atoms with Crippen molar-refractivity contribution in [2.45, 2.75) is 0 Å². The van der Waals surface area contributed by atoms with Crippen LogP contribution in [0.1, 0.15) is 5.56 Å². The first-order valence-electron chi connectivity index (χ1n) is 15.3. The third-order valence-corrected chi connectivity index (χ3v) is 9.16. The summed E-state index contributed by atoms with van der Waals surface area (Å²) in [5, 5.41) is 19.0. The molecule has 0 saturated carbocycles. The van der Waals surface area contributed by atoms with Crippen LogP contribution in [-0.2, 0) is 0 Å². The first-order valence-corrected chi connectivity index (χ1v) is 15.3. The van der Waals surface area contributed by atoms with Crippen molar-refractivity contribution in [3.05, 3.63) is 163 Å². The van der Waals surface area contributed by atoms with Crippen molar-refractivity contribution in [1.82, 2.24) is 4.57 Å². The maximum absolute atomic E-state index is 9.88. The Morgan fingerprint density at radius 3 is 1.60 bits per heavy atom. The van der Waals surface area contributed by atoms with Gasteiger partial charge in [0.05, 0.1) is 22.7 Å². The lowest BCUT2D eigenvalue weighted by Gasteiger charge is -2.15. The van der Waals surface area contributed by atoms with Crippen molar-refractivity contribution in [2.75, 3.05) is 0 Å².